The van der Waals surface area contributed by atoms with Crippen LogP contribution in [0.15, 0.2) is 88.5 Å². The van der Waals surface area contributed by atoms with Crippen LogP contribution in [-0.4, -0.2) is 9.78 Å². The predicted octanol–water partition coefficient (Wildman–Crippen LogP) is 3.35. The van der Waals surface area contributed by atoms with Crippen LogP contribution in [0.3, 0.4) is 0 Å². The van der Waals surface area contributed by atoms with Gasteiger partial charge in [0.1, 0.15) is 0 Å². The van der Waals surface area contributed by atoms with Crippen LogP contribution in [0.5, 0.6) is 0 Å². The lowest BCUT2D eigenvalue weighted by molar-refractivity contribution is 0.802. The standard InChI is InChI=1S/C20H14N2O2/c23-19-18-13-15(14-7-3-1-4-8-14)11-12-17(18)20(24)22(21-19)16-9-5-2-6-10-16/h1-13H,(H,21,23). The first kappa shape index (κ1) is 14.2. The molecule has 1 aromatic heterocycles. The highest BCUT2D eigenvalue weighted by atomic mass is 16.2. The van der Waals surface area contributed by atoms with E-state index in [0.29, 0.717) is 16.5 Å². The monoisotopic (exact) mass is 314 g/mol. The Kier molecular flexibility index (Phi) is 3.35. The lowest BCUT2D eigenvalue weighted by Gasteiger charge is -2.08. The highest BCUT2D eigenvalue weighted by Crippen LogP contribution is 2.21. The number of rotatable bonds is 2. The van der Waals surface area contributed by atoms with Gasteiger partial charge in [-0.1, -0.05) is 54.6 Å². The van der Waals surface area contributed by atoms with Crippen LogP contribution in [0.1, 0.15) is 0 Å². The molecular formula is C20H14N2O2. The van der Waals surface area contributed by atoms with Crippen molar-refractivity contribution in [2.45, 2.75) is 0 Å². The fraction of sp³-hybridized carbons (Fsp3) is 0. The van der Waals surface area contributed by atoms with Crippen LogP contribution in [0, 0.1) is 0 Å². The number of H-pyrrole nitrogens is 1. The van der Waals surface area contributed by atoms with Gasteiger partial charge in [0.15, 0.2) is 0 Å². The average molecular weight is 314 g/mol. The number of hydrogen-bond acceptors (Lipinski definition) is 2. The Morgan fingerprint density at radius 3 is 2.04 bits per heavy atom. The Morgan fingerprint density at radius 1 is 0.667 bits per heavy atom. The van der Waals surface area contributed by atoms with Crippen LogP contribution < -0.4 is 11.1 Å². The van der Waals surface area contributed by atoms with Gasteiger partial charge in [-0.3, -0.25) is 14.7 Å². The lowest BCUT2D eigenvalue weighted by atomic mass is 10.0. The molecule has 0 aliphatic rings. The molecule has 4 rings (SSSR count). The number of nitrogens with zero attached hydrogens (tertiary/aromatic N) is 1. The van der Waals surface area contributed by atoms with E-state index >= 15 is 0 Å². The van der Waals surface area contributed by atoms with Gasteiger partial charge in [0, 0.05) is 0 Å². The number of fused-ring (bicyclic) bond motifs is 1. The van der Waals surface area contributed by atoms with E-state index in [1.165, 1.54) is 4.68 Å². The lowest BCUT2D eigenvalue weighted by Crippen LogP contribution is -2.28. The van der Waals surface area contributed by atoms with E-state index in [-0.39, 0.29) is 11.1 Å². The van der Waals surface area contributed by atoms with Gasteiger partial charge in [-0.25, -0.2) is 4.68 Å². The molecule has 0 unspecified atom stereocenters. The molecule has 0 fully saturated rings. The number of benzene rings is 3. The zero-order valence-corrected chi connectivity index (χ0v) is 12.8. The van der Waals surface area contributed by atoms with Crippen LogP contribution >= 0.6 is 0 Å². The largest absolute Gasteiger partial charge is 0.277 e. The summed E-state index contributed by atoms with van der Waals surface area (Å²) in [6.07, 6.45) is 0. The van der Waals surface area contributed by atoms with Crippen molar-refractivity contribution in [3.63, 3.8) is 0 Å². The second-order valence-electron chi connectivity index (χ2n) is 5.54. The van der Waals surface area contributed by atoms with E-state index in [0.717, 1.165) is 11.1 Å². The van der Waals surface area contributed by atoms with Gasteiger partial charge < -0.3 is 0 Å². The molecule has 4 heteroatoms. The first-order valence-corrected chi connectivity index (χ1v) is 7.64. The molecule has 4 nitrogen and oxygen atoms in total. The van der Waals surface area contributed by atoms with Crippen molar-refractivity contribution < 1.29 is 0 Å². The van der Waals surface area contributed by atoms with Gasteiger partial charge >= 0.3 is 0 Å². The second kappa shape index (κ2) is 5.66. The summed E-state index contributed by atoms with van der Waals surface area (Å²) in [4.78, 5) is 25.2. The summed E-state index contributed by atoms with van der Waals surface area (Å²) in [5.41, 5.74) is 2.02. The van der Waals surface area contributed by atoms with Gasteiger partial charge in [-0.05, 0) is 35.4 Å². The molecule has 0 bridgehead atoms. The number of para-hydroxylation sites is 1. The molecule has 116 valence electrons. The van der Waals surface area contributed by atoms with Gasteiger partial charge in [-0.15, -0.1) is 0 Å². The summed E-state index contributed by atoms with van der Waals surface area (Å²) >= 11 is 0. The molecule has 3 aromatic carbocycles. The van der Waals surface area contributed by atoms with Crippen LogP contribution in [0.2, 0.25) is 0 Å². The van der Waals surface area contributed by atoms with Crippen LogP contribution in [0.25, 0.3) is 27.6 Å². The Hall–Kier alpha value is -3.40. The third-order valence-electron chi connectivity index (χ3n) is 4.03. The quantitative estimate of drug-likeness (QED) is 0.617. The van der Waals surface area contributed by atoms with E-state index in [1.54, 1.807) is 24.3 Å². The van der Waals surface area contributed by atoms with Crippen molar-refractivity contribution in [1.29, 1.82) is 0 Å². The van der Waals surface area contributed by atoms with E-state index < -0.39 is 0 Å². The number of aromatic amines is 1. The van der Waals surface area contributed by atoms with Crippen molar-refractivity contribution in [2.75, 3.05) is 0 Å². The molecule has 0 saturated carbocycles. The molecule has 0 amide bonds. The zero-order valence-electron chi connectivity index (χ0n) is 12.8. The molecule has 1 N–H and O–H groups in total. The average Bonchev–Trinajstić information content (AvgIpc) is 2.66. The van der Waals surface area contributed by atoms with E-state index in [2.05, 4.69) is 5.10 Å². The minimum atomic E-state index is -0.286. The summed E-state index contributed by atoms with van der Waals surface area (Å²) in [7, 11) is 0. The Morgan fingerprint density at radius 2 is 1.33 bits per heavy atom. The fourth-order valence-electron chi connectivity index (χ4n) is 2.82. The Bertz CT molecular complexity index is 1130. The highest BCUT2D eigenvalue weighted by Gasteiger charge is 2.10. The second-order valence-corrected chi connectivity index (χ2v) is 5.54. The Balaban J connectivity index is 1.97. The third-order valence-corrected chi connectivity index (χ3v) is 4.03. The minimum Gasteiger partial charge on any atom is -0.267 e. The summed E-state index contributed by atoms with van der Waals surface area (Å²) < 4.78 is 1.28. The van der Waals surface area contributed by atoms with Gasteiger partial charge in [-0.2, -0.15) is 0 Å². The minimum absolute atomic E-state index is 0.240. The first-order valence-electron chi connectivity index (χ1n) is 7.64. The predicted molar refractivity (Wildman–Crippen MR) is 95.6 cm³/mol. The SMILES string of the molecule is O=c1[nH]n(-c2ccccc2)c(=O)c2ccc(-c3ccccc3)cc12. The van der Waals surface area contributed by atoms with Gasteiger partial charge in [0.2, 0.25) is 0 Å². The molecular weight excluding hydrogens is 300 g/mol. The van der Waals surface area contributed by atoms with Crippen molar-refractivity contribution in [3.05, 3.63) is 99.6 Å². The molecule has 0 aliphatic carbocycles. The zero-order chi connectivity index (χ0) is 16.5. The maximum absolute atomic E-state index is 12.7. The smallest absolute Gasteiger partial charge is 0.267 e. The molecule has 1 heterocycles. The van der Waals surface area contributed by atoms with E-state index in [1.807, 2.05) is 54.6 Å². The van der Waals surface area contributed by atoms with E-state index in [4.69, 9.17) is 0 Å². The maximum Gasteiger partial charge on any atom is 0.277 e. The molecule has 0 atom stereocenters. The highest BCUT2D eigenvalue weighted by molar-refractivity contribution is 5.86. The van der Waals surface area contributed by atoms with Crippen LogP contribution in [0.4, 0.5) is 0 Å². The summed E-state index contributed by atoms with van der Waals surface area (Å²) in [5, 5.41) is 3.46. The van der Waals surface area contributed by atoms with Crippen LogP contribution in [-0.2, 0) is 0 Å². The van der Waals surface area contributed by atoms with Crippen molar-refractivity contribution in [3.8, 4) is 16.8 Å². The molecule has 0 saturated heterocycles. The summed E-state index contributed by atoms with van der Waals surface area (Å²) in [5.74, 6) is 0. The van der Waals surface area contributed by atoms with Gasteiger partial charge in [0.05, 0.1) is 16.5 Å². The van der Waals surface area contributed by atoms with Crippen molar-refractivity contribution in [2.24, 2.45) is 0 Å². The molecule has 24 heavy (non-hydrogen) atoms. The molecule has 0 radical (unpaired) electrons. The Labute approximate surface area is 137 Å². The number of hydrogen-bond donors (Lipinski definition) is 1. The maximum atomic E-state index is 12.7. The van der Waals surface area contributed by atoms with Crippen molar-refractivity contribution in [1.82, 2.24) is 9.78 Å². The molecule has 4 aromatic rings. The topological polar surface area (TPSA) is 54.9 Å². The number of aromatic nitrogens is 2. The number of nitrogens with one attached hydrogen (secondary N) is 1. The normalized spacial score (nSPS) is 10.8. The molecule has 0 spiro atoms. The summed E-state index contributed by atoms with van der Waals surface area (Å²) in [6, 6.07) is 24.2. The first-order chi connectivity index (χ1) is 11.7. The van der Waals surface area contributed by atoms with E-state index in [9.17, 15) is 9.59 Å². The molecule has 0 aliphatic heterocycles. The van der Waals surface area contributed by atoms with Gasteiger partial charge in [0.25, 0.3) is 11.1 Å². The van der Waals surface area contributed by atoms with Crippen molar-refractivity contribution >= 4 is 10.8 Å². The fourth-order valence-corrected chi connectivity index (χ4v) is 2.82. The third kappa shape index (κ3) is 2.34. The summed E-state index contributed by atoms with van der Waals surface area (Å²) in [6.45, 7) is 0.